The van der Waals surface area contributed by atoms with E-state index in [1.54, 1.807) is 0 Å². The molecule has 2 aromatic carbocycles. The maximum Gasteiger partial charge on any atom is 0.387 e. The van der Waals surface area contributed by atoms with Crippen LogP contribution in [-0.2, 0) is 10.0 Å². The highest BCUT2D eigenvalue weighted by molar-refractivity contribution is 7.92. The van der Waals surface area contributed by atoms with Crippen molar-refractivity contribution in [2.24, 2.45) is 0 Å². The summed E-state index contributed by atoms with van der Waals surface area (Å²) in [5, 5.41) is 0.385. The maximum absolute atomic E-state index is 12.3. The van der Waals surface area contributed by atoms with Gasteiger partial charge < -0.3 is 4.74 Å². The van der Waals surface area contributed by atoms with Crippen molar-refractivity contribution in [2.45, 2.75) is 11.5 Å². The van der Waals surface area contributed by atoms with Gasteiger partial charge in [0.15, 0.2) is 0 Å². The molecule has 8 heteroatoms. The first-order valence-electron chi connectivity index (χ1n) is 5.71. The van der Waals surface area contributed by atoms with Gasteiger partial charge in [-0.1, -0.05) is 23.7 Å². The molecule has 0 fully saturated rings. The molecule has 0 radical (unpaired) electrons. The third-order valence-electron chi connectivity index (χ3n) is 2.47. The van der Waals surface area contributed by atoms with Crippen LogP contribution in [0.5, 0.6) is 5.75 Å². The molecule has 0 saturated carbocycles. The molecule has 0 bridgehead atoms. The van der Waals surface area contributed by atoms with Crippen LogP contribution in [0.4, 0.5) is 14.5 Å². The standard InChI is InChI=1S/C13H10ClF2NO3S/c14-9-5-7-10(8-6-9)21(18,19)17-11-3-1-2-4-12(11)20-13(15)16/h1-8,13,17H. The largest absolute Gasteiger partial charge is 0.433 e. The Morgan fingerprint density at radius 2 is 1.67 bits per heavy atom. The van der Waals surface area contributed by atoms with Crippen molar-refractivity contribution < 1.29 is 21.9 Å². The van der Waals surface area contributed by atoms with E-state index in [-0.39, 0.29) is 16.3 Å². The van der Waals surface area contributed by atoms with Gasteiger partial charge in [0.05, 0.1) is 10.6 Å². The zero-order chi connectivity index (χ0) is 15.5. The van der Waals surface area contributed by atoms with Crippen LogP contribution in [0.25, 0.3) is 0 Å². The average Bonchev–Trinajstić information content (AvgIpc) is 2.40. The first kappa shape index (κ1) is 15.5. The minimum absolute atomic E-state index is 0.0428. The summed E-state index contributed by atoms with van der Waals surface area (Å²) in [6.45, 7) is -3.05. The number of ether oxygens (including phenoxy) is 1. The van der Waals surface area contributed by atoms with Gasteiger partial charge in [0.25, 0.3) is 10.0 Å². The van der Waals surface area contributed by atoms with Gasteiger partial charge >= 0.3 is 6.61 Å². The second kappa shape index (κ2) is 6.28. The van der Waals surface area contributed by atoms with E-state index in [1.807, 2.05) is 0 Å². The lowest BCUT2D eigenvalue weighted by Gasteiger charge is -2.13. The zero-order valence-corrected chi connectivity index (χ0v) is 12.0. The van der Waals surface area contributed by atoms with Crippen molar-refractivity contribution in [2.75, 3.05) is 4.72 Å². The lowest BCUT2D eigenvalue weighted by molar-refractivity contribution is -0.0493. The lowest BCUT2D eigenvalue weighted by atomic mass is 10.3. The summed E-state index contributed by atoms with van der Waals surface area (Å²) in [6.07, 6.45) is 0. The molecule has 4 nitrogen and oxygen atoms in total. The monoisotopic (exact) mass is 333 g/mol. The molecular formula is C13H10ClF2NO3S. The van der Waals surface area contributed by atoms with Crippen LogP contribution in [0.2, 0.25) is 5.02 Å². The third-order valence-corrected chi connectivity index (χ3v) is 4.10. The molecule has 0 saturated heterocycles. The summed E-state index contributed by atoms with van der Waals surface area (Å²) in [5.74, 6) is -0.259. The van der Waals surface area contributed by atoms with Gasteiger partial charge in [-0.15, -0.1) is 0 Å². The van der Waals surface area contributed by atoms with Crippen LogP contribution in [0.1, 0.15) is 0 Å². The fourth-order valence-electron chi connectivity index (χ4n) is 1.57. The molecule has 0 aromatic heterocycles. The van der Waals surface area contributed by atoms with Crippen LogP contribution < -0.4 is 9.46 Å². The number of benzene rings is 2. The number of hydrogen-bond donors (Lipinski definition) is 1. The summed E-state index contributed by atoms with van der Waals surface area (Å²) in [5.41, 5.74) is -0.0762. The highest BCUT2D eigenvalue weighted by Crippen LogP contribution is 2.28. The van der Waals surface area contributed by atoms with E-state index in [0.717, 1.165) is 0 Å². The molecule has 2 rings (SSSR count). The highest BCUT2D eigenvalue weighted by atomic mass is 35.5. The molecule has 0 amide bonds. The Balaban J connectivity index is 2.30. The van der Waals surface area contributed by atoms with Crippen molar-refractivity contribution >= 4 is 27.3 Å². The molecule has 2 aromatic rings. The van der Waals surface area contributed by atoms with Crippen molar-refractivity contribution in [3.63, 3.8) is 0 Å². The summed E-state index contributed by atoms with van der Waals surface area (Å²) in [7, 11) is -3.92. The Morgan fingerprint density at radius 1 is 1.05 bits per heavy atom. The molecule has 0 heterocycles. The van der Waals surface area contributed by atoms with E-state index in [2.05, 4.69) is 9.46 Å². The van der Waals surface area contributed by atoms with E-state index in [4.69, 9.17) is 11.6 Å². The van der Waals surface area contributed by atoms with E-state index >= 15 is 0 Å². The van der Waals surface area contributed by atoms with Crippen LogP contribution in [0.15, 0.2) is 53.4 Å². The van der Waals surface area contributed by atoms with Crippen LogP contribution in [0.3, 0.4) is 0 Å². The van der Waals surface area contributed by atoms with Gasteiger partial charge in [-0.3, -0.25) is 4.72 Å². The van der Waals surface area contributed by atoms with Gasteiger partial charge in [-0.25, -0.2) is 8.42 Å². The Bertz CT molecular complexity index is 720. The molecule has 0 atom stereocenters. The Hall–Kier alpha value is -1.86. The number of sulfonamides is 1. The molecular weight excluding hydrogens is 324 g/mol. The highest BCUT2D eigenvalue weighted by Gasteiger charge is 2.17. The summed E-state index contributed by atoms with van der Waals surface area (Å²) in [4.78, 5) is -0.0428. The van der Waals surface area contributed by atoms with Crippen molar-refractivity contribution in [1.82, 2.24) is 0 Å². The molecule has 21 heavy (non-hydrogen) atoms. The van der Waals surface area contributed by atoms with Crippen molar-refractivity contribution in [3.8, 4) is 5.75 Å². The maximum atomic E-state index is 12.3. The zero-order valence-electron chi connectivity index (χ0n) is 10.5. The number of hydrogen-bond acceptors (Lipinski definition) is 3. The number of para-hydroxylation sites is 2. The number of alkyl halides is 2. The molecule has 0 aliphatic carbocycles. The van der Waals surface area contributed by atoms with Gasteiger partial charge in [0.2, 0.25) is 0 Å². The van der Waals surface area contributed by atoms with Gasteiger partial charge in [-0.2, -0.15) is 8.78 Å². The lowest BCUT2D eigenvalue weighted by Crippen LogP contribution is -2.14. The number of halogens is 3. The van der Waals surface area contributed by atoms with Crippen molar-refractivity contribution in [3.05, 3.63) is 53.6 Å². The summed E-state index contributed by atoms with van der Waals surface area (Å²) >= 11 is 5.69. The molecule has 0 aliphatic rings. The minimum atomic E-state index is -3.92. The Morgan fingerprint density at radius 3 is 2.29 bits per heavy atom. The average molecular weight is 334 g/mol. The normalized spacial score (nSPS) is 11.4. The number of anilines is 1. The van der Waals surface area contributed by atoms with E-state index in [9.17, 15) is 17.2 Å². The molecule has 0 spiro atoms. The predicted molar refractivity (Wildman–Crippen MR) is 75.3 cm³/mol. The second-order valence-electron chi connectivity index (χ2n) is 3.93. The predicted octanol–water partition coefficient (Wildman–Crippen LogP) is 3.74. The van der Waals surface area contributed by atoms with Crippen molar-refractivity contribution in [1.29, 1.82) is 0 Å². The smallest absolute Gasteiger partial charge is 0.387 e. The minimum Gasteiger partial charge on any atom is -0.433 e. The third kappa shape index (κ3) is 4.05. The first-order chi connectivity index (χ1) is 9.88. The number of rotatable bonds is 5. The van der Waals surface area contributed by atoms with E-state index in [0.29, 0.717) is 5.02 Å². The SMILES string of the molecule is O=S(=O)(Nc1ccccc1OC(F)F)c1ccc(Cl)cc1. The van der Waals surface area contributed by atoms with Gasteiger partial charge in [0, 0.05) is 5.02 Å². The number of nitrogens with one attached hydrogen (secondary N) is 1. The fourth-order valence-corrected chi connectivity index (χ4v) is 2.76. The molecule has 0 unspecified atom stereocenters. The van der Waals surface area contributed by atoms with Crippen LogP contribution in [-0.4, -0.2) is 15.0 Å². The van der Waals surface area contributed by atoms with Crippen LogP contribution >= 0.6 is 11.6 Å². The van der Waals surface area contributed by atoms with Crippen LogP contribution in [0, 0.1) is 0 Å². The fraction of sp³-hybridized carbons (Fsp3) is 0.0769. The van der Waals surface area contributed by atoms with Gasteiger partial charge in [0.1, 0.15) is 5.75 Å². The van der Waals surface area contributed by atoms with E-state index < -0.39 is 16.6 Å². The summed E-state index contributed by atoms with van der Waals surface area (Å²) in [6, 6.07) is 11.0. The summed E-state index contributed by atoms with van der Waals surface area (Å²) < 4.78 is 55.3. The topological polar surface area (TPSA) is 55.4 Å². The quantitative estimate of drug-likeness (QED) is 0.906. The molecule has 0 aliphatic heterocycles. The first-order valence-corrected chi connectivity index (χ1v) is 7.57. The molecule has 112 valence electrons. The second-order valence-corrected chi connectivity index (χ2v) is 6.05. The Kier molecular flexibility index (Phi) is 4.64. The Labute approximate surface area is 125 Å². The van der Waals surface area contributed by atoms with Gasteiger partial charge in [-0.05, 0) is 36.4 Å². The van der Waals surface area contributed by atoms with E-state index in [1.165, 1.54) is 48.5 Å². The molecule has 1 N–H and O–H groups in total.